The average Bonchev–Trinajstić information content (AvgIpc) is 2.68. The number of nitro groups is 1. The molecule has 0 aliphatic heterocycles. The summed E-state index contributed by atoms with van der Waals surface area (Å²) >= 11 is 0. The number of carbonyl (C=O) groups excluding carboxylic acids is 1. The molecule has 2 aromatic rings. The van der Waals surface area contributed by atoms with E-state index in [9.17, 15) is 14.9 Å². The monoisotopic (exact) mass is 398 g/mol. The lowest BCUT2D eigenvalue weighted by Crippen LogP contribution is -2.09. The minimum Gasteiger partial charge on any atom is -0.493 e. The standard InChI is InChI=1S/C22H26N2O5/c1-15(2)11-12-29-20-9-6-17(14-21(20)28-4)7-10-22(25)23-18-8-5-16(3)13-19(18)24(26)27/h5-10,13-15H,11-12H2,1-4H3,(H,23,25)/b10-7+. The van der Waals surface area contributed by atoms with Gasteiger partial charge in [0.25, 0.3) is 5.69 Å². The normalized spacial score (nSPS) is 10.9. The maximum atomic E-state index is 12.2. The number of ether oxygens (including phenoxy) is 2. The van der Waals surface area contributed by atoms with Crippen LogP contribution in [0, 0.1) is 23.0 Å². The summed E-state index contributed by atoms with van der Waals surface area (Å²) in [5.41, 5.74) is 1.50. The molecule has 7 nitrogen and oxygen atoms in total. The molecule has 0 spiro atoms. The van der Waals surface area contributed by atoms with Crippen molar-refractivity contribution in [1.82, 2.24) is 0 Å². The number of nitrogens with zero attached hydrogens (tertiary/aromatic N) is 1. The average molecular weight is 398 g/mol. The zero-order valence-electron chi connectivity index (χ0n) is 17.1. The predicted octanol–water partition coefficient (Wildman–Crippen LogP) is 4.99. The summed E-state index contributed by atoms with van der Waals surface area (Å²) in [5.74, 6) is 1.30. The van der Waals surface area contributed by atoms with Crippen molar-refractivity contribution in [3.63, 3.8) is 0 Å². The second-order valence-electron chi connectivity index (χ2n) is 7.04. The summed E-state index contributed by atoms with van der Waals surface area (Å²) in [6, 6.07) is 10.0. The molecule has 0 atom stereocenters. The Morgan fingerprint density at radius 2 is 1.97 bits per heavy atom. The molecule has 0 aliphatic rings. The van der Waals surface area contributed by atoms with Gasteiger partial charge < -0.3 is 14.8 Å². The first-order chi connectivity index (χ1) is 13.8. The van der Waals surface area contributed by atoms with Crippen LogP contribution in [0.25, 0.3) is 6.08 Å². The highest BCUT2D eigenvalue weighted by molar-refractivity contribution is 6.03. The summed E-state index contributed by atoms with van der Waals surface area (Å²) in [6.07, 6.45) is 3.86. The molecule has 0 saturated carbocycles. The number of amides is 1. The van der Waals surface area contributed by atoms with Crippen LogP contribution in [0.3, 0.4) is 0 Å². The molecule has 0 radical (unpaired) electrons. The SMILES string of the molecule is COc1cc(/C=C/C(=O)Nc2ccc(C)cc2[N+](=O)[O-])ccc1OCCC(C)C. The highest BCUT2D eigenvalue weighted by atomic mass is 16.6. The van der Waals surface area contributed by atoms with Gasteiger partial charge in [-0.1, -0.05) is 26.0 Å². The van der Waals surface area contributed by atoms with E-state index in [0.717, 1.165) is 17.5 Å². The fourth-order valence-electron chi connectivity index (χ4n) is 2.56. The van der Waals surface area contributed by atoms with Gasteiger partial charge in [0.05, 0.1) is 18.6 Å². The molecule has 0 bridgehead atoms. The number of nitro benzene ring substituents is 1. The number of carbonyl (C=O) groups is 1. The van der Waals surface area contributed by atoms with E-state index in [1.165, 1.54) is 18.2 Å². The van der Waals surface area contributed by atoms with E-state index in [-0.39, 0.29) is 11.4 Å². The zero-order valence-corrected chi connectivity index (χ0v) is 17.1. The topological polar surface area (TPSA) is 90.7 Å². The number of benzene rings is 2. The van der Waals surface area contributed by atoms with Gasteiger partial charge in [-0.05, 0) is 54.7 Å². The Balaban J connectivity index is 2.07. The van der Waals surface area contributed by atoms with E-state index in [2.05, 4.69) is 19.2 Å². The molecule has 0 heterocycles. The fourth-order valence-corrected chi connectivity index (χ4v) is 2.56. The van der Waals surface area contributed by atoms with Crippen LogP contribution in [-0.2, 0) is 4.79 Å². The van der Waals surface area contributed by atoms with Gasteiger partial charge >= 0.3 is 0 Å². The number of aryl methyl sites for hydroxylation is 1. The van der Waals surface area contributed by atoms with Crippen LogP contribution >= 0.6 is 0 Å². The Morgan fingerprint density at radius 3 is 2.62 bits per heavy atom. The maximum Gasteiger partial charge on any atom is 0.293 e. The number of nitrogens with one attached hydrogen (secondary N) is 1. The molecule has 0 aromatic heterocycles. The van der Waals surface area contributed by atoms with Crippen molar-refractivity contribution < 1.29 is 19.2 Å². The molecule has 154 valence electrons. The van der Waals surface area contributed by atoms with Gasteiger partial charge in [-0.3, -0.25) is 14.9 Å². The van der Waals surface area contributed by atoms with E-state index < -0.39 is 10.8 Å². The van der Waals surface area contributed by atoms with Gasteiger partial charge in [0.15, 0.2) is 11.5 Å². The van der Waals surface area contributed by atoms with Gasteiger partial charge in [-0.15, -0.1) is 0 Å². The van der Waals surface area contributed by atoms with E-state index in [1.807, 2.05) is 6.07 Å². The van der Waals surface area contributed by atoms with E-state index in [0.29, 0.717) is 24.0 Å². The van der Waals surface area contributed by atoms with Crippen molar-refractivity contribution >= 4 is 23.4 Å². The van der Waals surface area contributed by atoms with Crippen LogP contribution in [0.5, 0.6) is 11.5 Å². The Morgan fingerprint density at radius 1 is 1.21 bits per heavy atom. The number of hydrogen-bond acceptors (Lipinski definition) is 5. The summed E-state index contributed by atoms with van der Waals surface area (Å²) in [4.78, 5) is 22.8. The minimum atomic E-state index is -0.519. The Kier molecular flexibility index (Phi) is 7.77. The number of rotatable bonds is 9. The van der Waals surface area contributed by atoms with Crippen LogP contribution in [0.1, 0.15) is 31.4 Å². The largest absolute Gasteiger partial charge is 0.493 e. The molecule has 29 heavy (non-hydrogen) atoms. The molecule has 0 saturated heterocycles. The quantitative estimate of drug-likeness (QED) is 0.365. The number of hydrogen-bond donors (Lipinski definition) is 1. The third-order valence-corrected chi connectivity index (χ3v) is 4.18. The lowest BCUT2D eigenvalue weighted by molar-refractivity contribution is -0.384. The Bertz CT molecular complexity index is 906. The molecule has 7 heteroatoms. The molecule has 0 aliphatic carbocycles. The van der Waals surface area contributed by atoms with E-state index >= 15 is 0 Å². The van der Waals surface area contributed by atoms with Crippen molar-refractivity contribution in [3.05, 3.63) is 63.7 Å². The van der Waals surface area contributed by atoms with Gasteiger partial charge in [-0.2, -0.15) is 0 Å². The van der Waals surface area contributed by atoms with Gasteiger partial charge in [0, 0.05) is 12.1 Å². The smallest absolute Gasteiger partial charge is 0.293 e. The lowest BCUT2D eigenvalue weighted by atomic mass is 10.1. The van der Waals surface area contributed by atoms with Crippen LogP contribution in [-0.4, -0.2) is 24.5 Å². The van der Waals surface area contributed by atoms with Gasteiger partial charge in [0.2, 0.25) is 5.91 Å². The van der Waals surface area contributed by atoms with E-state index in [1.54, 1.807) is 38.3 Å². The van der Waals surface area contributed by atoms with Crippen molar-refractivity contribution in [3.8, 4) is 11.5 Å². The molecule has 0 fully saturated rings. The van der Waals surface area contributed by atoms with Gasteiger partial charge in [-0.25, -0.2) is 0 Å². The Hall–Kier alpha value is -3.35. The molecular weight excluding hydrogens is 372 g/mol. The third kappa shape index (κ3) is 6.64. The summed E-state index contributed by atoms with van der Waals surface area (Å²) < 4.78 is 11.1. The number of anilines is 1. The van der Waals surface area contributed by atoms with Crippen LogP contribution in [0.2, 0.25) is 0 Å². The van der Waals surface area contributed by atoms with Crippen molar-refractivity contribution in [1.29, 1.82) is 0 Å². The second kappa shape index (κ2) is 10.3. The summed E-state index contributed by atoms with van der Waals surface area (Å²) in [7, 11) is 1.56. The predicted molar refractivity (Wildman–Crippen MR) is 113 cm³/mol. The molecule has 2 aromatic carbocycles. The molecule has 1 amide bonds. The van der Waals surface area contributed by atoms with Gasteiger partial charge in [0.1, 0.15) is 5.69 Å². The highest BCUT2D eigenvalue weighted by Crippen LogP contribution is 2.29. The molecule has 1 N–H and O–H groups in total. The lowest BCUT2D eigenvalue weighted by Gasteiger charge is -2.12. The van der Waals surface area contributed by atoms with Crippen molar-refractivity contribution in [2.24, 2.45) is 5.92 Å². The molecular formula is C22H26N2O5. The number of methoxy groups -OCH3 is 1. The van der Waals surface area contributed by atoms with E-state index in [4.69, 9.17) is 9.47 Å². The fraction of sp³-hybridized carbons (Fsp3) is 0.318. The first-order valence-corrected chi connectivity index (χ1v) is 9.35. The minimum absolute atomic E-state index is 0.142. The third-order valence-electron chi connectivity index (χ3n) is 4.18. The molecule has 2 rings (SSSR count). The maximum absolute atomic E-state index is 12.2. The second-order valence-corrected chi connectivity index (χ2v) is 7.04. The summed E-state index contributed by atoms with van der Waals surface area (Å²) in [6.45, 7) is 6.61. The highest BCUT2D eigenvalue weighted by Gasteiger charge is 2.15. The summed E-state index contributed by atoms with van der Waals surface area (Å²) in [5, 5.41) is 13.7. The first kappa shape index (κ1) is 21.9. The zero-order chi connectivity index (χ0) is 21.4. The van der Waals surface area contributed by atoms with Crippen LogP contribution in [0.4, 0.5) is 11.4 Å². The van der Waals surface area contributed by atoms with Crippen molar-refractivity contribution in [2.45, 2.75) is 27.2 Å². The van der Waals surface area contributed by atoms with Crippen LogP contribution in [0.15, 0.2) is 42.5 Å². The van der Waals surface area contributed by atoms with Crippen molar-refractivity contribution in [2.75, 3.05) is 19.0 Å². The first-order valence-electron chi connectivity index (χ1n) is 9.35. The molecule has 0 unspecified atom stereocenters. The Labute approximate surface area is 170 Å². The van der Waals surface area contributed by atoms with Crippen LogP contribution < -0.4 is 14.8 Å².